The van der Waals surface area contributed by atoms with Gasteiger partial charge in [0.05, 0.1) is 23.9 Å². The van der Waals surface area contributed by atoms with Crippen molar-refractivity contribution in [3.8, 4) is 17.3 Å². The quantitative estimate of drug-likeness (QED) is 0.507. The van der Waals surface area contributed by atoms with Crippen LogP contribution in [0.1, 0.15) is 42.7 Å². The smallest absolute Gasteiger partial charge is 0.418 e. The molecule has 6 rings (SSSR count). The molecule has 2 saturated heterocycles. The second-order valence-corrected chi connectivity index (χ2v) is 9.65. The molecule has 3 aromatic rings. The number of halogens is 5. The van der Waals surface area contributed by atoms with E-state index in [-0.39, 0.29) is 52.1 Å². The van der Waals surface area contributed by atoms with Gasteiger partial charge in [0.2, 0.25) is 0 Å². The van der Waals surface area contributed by atoms with Crippen LogP contribution in [0.3, 0.4) is 0 Å². The third-order valence-electron chi connectivity index (χ3n) is 7.15. The van der Waals surface area contributed by atoms with Crippen LogP contribution in [0.25, 0.3) is 22.2 Å². The summed E-state index contributed by atoms with van der Waals surface area (Å²) in [6.07, 6.45) is -1.88. The third-order valence-corrected chi connectivity index (χ3v) is 7.15. The van der Waals surface area contributed by atoms with Crippen molar-refractivity contribution in [2.75, 3.05) is 30.8 Å². The van der Waals surface area contributed by atoms with Crippen molar-refractivity contribution in [2.45, 2.75) is 49.9 Å². The second-order valence-electron chi connectivity index (χ2n) is 9.65. The topological polar surface area (TPSA) is 89.2 Å². The van der Waals surface area contributed by atoms with E-state index in [2.05, 4.69) is 20.3 Å². The van der Waals surface area contributed by atoms with Gasteiger partial charge >= 0.3 is 12.2 Å². The van der Waals surface area contributed by atoms with Crippen LogP contribution in [-0.2, 0) is 6.18 Å². The van der Waals surface area contributed by atoms with E-state index < -0.39 is 34.6 Å². The summed E-state index contributed by atoms with van der Waals surface area (Å²) in [6.45, 7) is 1.13. The molecule has 0 spiro atoms. The lowest BCUT2D eigenvalue weighted by Gasteiger charge is -2.34. The lowest BCUT2D eigenvalue weighted by molar-refractivity contribution is -0.137. The summed E-state index contributed by atoms with van der Waals surface area (Å²) in [5.74, 6) is -2.81. The van der Waals surface area contributed by atoms with Gasteiger partial charge in [-0.15, -0.1) is 0 Å². The van der Waals surface area contributed by atoms with Crippen LogP contribution in [0.15, 0.2) is 12.1 Å². The van der Waals surface area contributed by atoms with Gasteiger partial charge in [-0.3, -0.25) is 0 Å². The Morgan fingerprint density at radius 3 is 2.33 bits per heavy atom. The van der Waals surface area contributed by atoms with Gasteiger partial charge in [0, 0.05) is 30.6 Å². The second kappa shape index (κ2) is 8.12. The van der Waals surface area contributed by atoms with E-state index in [1.807, 2.05) is 4.90 Å². The number of nitrogens with zero attached hydrogens (tertiary/aromatic N) is 4. The molecule has 1 saturated carbocycles. The number of methoxy groups -OCH3 is 1. The lowest BCUT2D eigenvalue weighted by atomic mass is 9.95. The Hall–Kier alpha value is -3.28. The van der Waals surface area contributed by atoms with Crippen molar-refractivity contribution < 1.29 is 26.7 Å². The zero-order valence-corrected chi connectivity index (χ0v) is 19.3. The number of alkyl halides is 3. The minimum absolute atomic E-state index is 0.0516. The number of benzene rings is 1. The summed E-state index contributed by atoms with van der Waals surface area (Å²) in [5, 5.41) is 3.53. The highest BCUT2D eigenvalue weighted by Gasteiger charge is 2.43. The summed E-state index contributed by atoms with van der Waals surface area (Å²) in [5.41, 5.74) is 2.40. The Bertz CT molecular complexity index is 1360. The summed E-state index contributed by atoms with van der Waals surface area (Å²) < 4.78 is 79.4. The number of fused-ring (bicyclic) bond motifs is 3. The van der Waals surface area contributed by atoms with Crippen molar-refractivity contribution in [1.29, 1.82) is 0 Å². The van der Waals surface area contributed by atoms with E-state index in [0.717, 1.165) is 25.0 Å². The number of nitrogens with two attached hydrogens (primary N) is 1. The predicted molar refractivity (Wildman–Crippen MR) is 123 cm³/mol. The first-order chi connectivity index (χ1) is 17.1. The SMILES string of the molecule is COc1nc(N2CC3CCC(C2)N3)c2cc(F)c(-c3nc(N)cc(C4CC4)c3C(F)(F)F)c(F)c2n1. The average molecular weight is 506 g/mol. The third kappa shape index (κ3) is 3.78. The van der Waals surface area contributed by atoms with Gasteiger partial charge < -0.3 is 20.7 Å². The number of nitrogen functional groups attached to an aromatic ring is 1. The molecule has 4 heterocycles. The summed E-state index contributed by atoms with van der Waals surface area (Å²) >= 11 is 0. The summed E-state index contributed by atoms with van der Waals surface area (Å²) in [7, 11) is 1.30. The van der Waals surface area contributed by atoms with Gasteiger partial charge in [-0.2, -0.15) is 23.1 Å². The predicted octanol–water partition coefficient (Wildman–Crippen LogP) is 4.40. The maximum Gasteiger partial charge on any atom is 0.418 e. The maximum atomic E-state index is 16.0. The number of nitrogens with one attached hydrogen (secondary N) is 1. The van der Waals surface area contributed by atoms with Crippen LogP contribution < -0.4 is 20.7 Å². The highest BCUT2D eigenvalue weighted by molar-refractivity contribution is 5.94. The molecule has 36 heavy (non-hydrogen) atoms. The Morgan fingerprint density at radius 2 is 1.72 bits per heavy atom. The minimum Gasteiger partial charge on any atom is -0.467 e. The molecular weight excluding hydrogens is 483 g/mol. The first-order valence-electron chi connectivity index (χ1n) is 11.8. The highest BCUT2D eigenvalue weighted by atomic mass is 19.4. The number of hydrogen-bond acceptors (Lipinski definition) is 7. The van der Waals surface area contributed by atoms with E-state index in [4.69, 9.17) is 10.5 Å². The lowest BCUT2D eigenvalue weighted by Crippen LogP contribution is -2.51. The van der Waals surface area contributed by atoms with Crippen molar-refractivity contribution in [3.63, 3.8) is 0 Å². The number of aromatic nitrogens is 3. The van der Waals surface area contributed by atoms with Crippen molar-refractivity contribution in [2.24, 2.45) is 0 Å². The molecule has 190 valence electrons. The first-order valence-corrected chi connectivity index (χ1v) is 11.8. The van der Waals surface area contributed by atoms with Crippen molar-refractivity contribution in [1.82, 2.24) is 20.3 Å². The van der Waals surface area contributed by atoms with Gasteiger partial charge in [-0.05, 0) is 49.3 Å². The van der Waals surface area contributed by atoms with E-state index in [0.29, 0.717) is 25.9 Å². The van der Waals surface area contributed by atoms with Crippen LogP contribution in [0.5, 0.6) is 6.01 Å². The first kappa shape index (κ1) is 23.1. The highest BCUT2D eigenvalue weighted by Crippen LogP contribution is 2.50. The molecule has 7 nitrogen and oxygen atoms in total. The Kier molecular flexibility index (Phi) is 5.22. The zero-order valence-electron chi connectivity index (χ0n) is 19.3. The number of rotatable bonds is 4. The molecule has 0 radical (unpaired) electrons. The monoisotopic (exact) mass is 506 g/mol. The molecule has 3 N–H and O–H groups in total. The van der Waals surface area contributed by atoms with E-state index in [9.17, 15) is 13.2 Å². The van der Waals surface area contributed by atoms with Gasteiger partial charge in [0.25, 0.3) is 0 Å². The van der Waals surface area contributed by atoms with Crippen molar-refractivity contribution in [3.05, 3.63) is 34.9 Å². The maximum absolute atomic E-state index is 16.0. The van der Waals surface area contributed by atoms with Crippen LogP contribution in [0.4, 0.5) is 33.6 Å². The summed E-state index contributed by atoms with van der Waals surface area (Å²) in [6, 6.07) is 2.37. The van der Waals surface area contributed by atoms with E-state index in [1.54, 1.807) is 0 Å². The molecule has 2 aromatic heterocycles. The number of anilines is 2. The van der Waals surface area contributed by atoms with Crippen LogP contribution >= 0.6 is 0 Å². The van der Waals surface area contributed by atoms with Gasteiger partial charge in [-0.25, -0.2) is 13.8 Å². The molecule has 3 fully saturated rings. The molecule has 3 aliphatic rings. The average Bonchev–Trinajstić information content (AvgIpc) is 3.61. The largest absolute Gasteiger partial charge is 0.467 e. The standard InChI is InChI=1S/C24H23F5N6O/c1-36-23-33-20-14(22(34-23)35-8-11-4-5-12(9-35)31-11)6-15(25)17(19(20)26)21-18(24(27,28)29)13(10-2-3-10)7-16(30)32-21/h6-7,10-12,31H,2-5,8-9H2,1H3,(H2,30,32). The molecular formula is C24H23F5N6O. The van der Waals surface area contributed by atoms with E-state index >= 15 is 8.78 Å². The van der Waals surface area contributed by atoms with Gasteiger partial charge in [-0.1, -0.05) is 0 Å². The Morgan fingerprint density at radius 1 is 1.03 bits per heavy atom. The number of piperazine rings is 1. The fourth-order valence-corrected chi connectivity index (χ4v) is 5.46. The minimum atomic E-state index is -4.89. The number of ether oxygens (including phenoxy) is 1. The van der Waals surface area contributed by atoms with Crippen molar-refractivity contribution >= 4 is 22.5 Å². The van der Waals surface area contributed by atoms with Crippen LogP contribution in [0, 0.1) is 11.6 Å². The fraction of sp³-hybridized carbons (Fsp3) is 0.458. The molecule has 0 amide bonds. The number of pyridine rings is 1. The molecule has 1 aromatic carbocycles. The molecule has 2 bridgehead atoms. The van der Waals surface area contributed by atoms with Gasteiger partial charge in [0.15, 0.2) is 5.82 Å². The van der Waals surface area contributed by atoms with Gasteiger partial charge in [0.1, 0.15) is 23.0 Å². The summed E-state index contributed by atoms with van der Waals surface area (Å²) in [4.78, 5) is 14.1. The molecule has 1 aliphatic carbocycles. The van der Waals surface area contributed by atoms with Crippen LogP contribution in [0.2, 0.25) is 0 Å². The Labute approximate surface area is 202 Å². The molecule has 12 heteroatoms. The van der Waals surface area contributed by atoms with Crippen LogP contribution in [-0.4, -0.2) is 47.2 Å². The zero-order chi connectivity index (χ0) is 25.4. The fourth-order valence-electron chi connectivity index (χ4n) is 5.46. The molecule has 2 atom stereocenters. The van der Waals surface area contributed by atoms with E-state index in [1.165, 1.54) is 7.11 Å². The normalized spacial score (nSPS) is 21.9. The molecule has 2 aliphatic heterocycles. The molecule has 2 unspecified atom stereocenters. The number of hydrogen-bond donors (Lipinski definition) is 2. The Balaban J connectivity index is 1.59.